The SMILES string of the molecule is COc1ccc(/C=C/C(=O)O)c(OCc2cc(C)no2)c1. The van der Waals surface area contributed by atoms with E-state index in [9.17, 15) is 4.79 Å². The molecule has 0 atom stereocenters. The molecule has 0 bridgehead atoms. The van der Waals surface area contributed by atoms with Crippen LogP contribution in [0.2, 0.25) is 0 Å². The zero-order chi connectivity index (χ0) is 15.2. The van der Waals surface area contributed by atoms with Crippen molar-refractivity contribution in [2.24, 2.45) is 0 Å². The highest BCUT2D eigenvalue weighted by Crippen LogP contribution is 2.27. The first-order chi connectivity index (χ1) is 10.1. The highest BCUT2D eigenvalue weighted by Gasteiger charge is 2.07. The molecular weight excluding hydrogens is 274 g/mol. The molecule has 0 fully saturated rings. The monoisotopic (exact) mass is 289 g/mol. The van der Waals surface area contributed by atoms with Crippen LogP contribution in [-0.2, 0) is 11.4 Å². The van der Waals surface area contributed by atoms with Crippen LogP contribution in [0.1, 0.15) is 17.0 Å². The Kier molecular flexibility index (Phi) is 4.61. The van der Waals surface area contributed by atoms with Crippen molar-refractivity contribution < 1.29 is 23.9 Å². The smallest absolute Gasteiger partial charge is 0.328 e. The van der Waals surface area contributed by atoms with Crippen LogP contribution in [0, 0.1) is 6.92 Å². The minimum absolute atomic E-state index is 0.196. The minimum Gasteiger partial charge on any atom is -0.497 e. The second kappa shape index (κ2) is 6.60. The molecule has 2 aromatic rings. The van der Waals surface area contributed by atoms with Crippen molar-refractivity contribution in [3.05, 3.63) is 47.4 Å². The van der Waals surface area contributed by atoms with E-state index in [-0.39, 0.29) is 6.61 Å². The number of nitrogens with zero attached hydrogens (tertiary/aromatic N) is 1. The molecule has 0 aliphatic heterocycles. The zero-order valence-corrected chi connectivity index (χ0v) is 11.7. The Bertz CT molecular complexity index is 660. The number of carboxylic acids is 1. The van der Waals surface area contributed by atoms with Crippen molar-refractivity contribution in [1.82, 2.24) is 5.16 Å². The number of benzene rings is 1. The molecule has 21 heavy (non-hydrogen) atoms. The van der Waals surface area contributed by atoms with Crippen LogP contribution >= 0.6 is 0 Å². The van der Waals surface area contributed by atoms with Gasteiger partial charge in [0.2, 0.25) is 0 Å². The van der Waals surface area contributed by atoms with Crippen LogP contribution in [0.3, 0.4) is 0 Å². The summed E-state index contributed by atoms with van der Waals surface area (Å²) in [4.78, 5) is 10.6. The first kappa shape index (κ1) is 14.6. The Labute approximate surface area is 121 Å². The molecule has 0 unspecified atom stereocenters. The lowest BCUT2D eigenvalue weighted by Gasteiger charge is -2.09. The van der Waals surface area contributed by atoms with Gasteiger partial charge in [0.05, 0.1) is 12.8 Å². The van der Waals surface area contributed by atoms with Gasteiger partial charge in [0.25, 0.3) is 0 Å². The van der Waals surface area contributed by atoms with Gasteiger partial charge in [-0.25, -0.2) is 4.79 Å². The fourth-order valence-corrected chi connectivity index (χ4v) is 1.70. The van der Waals surface area contributed by atoms with Crippen molar-refractivity contribution >= 4 is 12.0 Å². The maximum Gasteiger partial charge on any atom is 0.328 e. The summed E-state index contributed by atoms with van der Waals surface area (Å²) in [6.45, 7) is 2.02. The molecule has 0 aliphatic carbocycles. The average molecular weight is 289 g/mol. The van der Waals surface area contributed by atoms with Gasteiger partial charge in [-0.2, -0.15) is 0 Å². The molecule has 1 N–H and O–H groups in total. The van der Waals surface area contributed by atoms with Crippen molar-refractivity contribution in [2.75, 3.05) is 7.11 Å². The topological polar surface area (TPSA) is 81.8 Å². The summed E-state index contributed by atoms with van der Waals surface area (Å²) >= 11 is 0. The van der Waals surface area contributed by atoms with E-state index < -0.39 is 5.97 Å². The number of carboxylic acid groups (broad SMARTS) is 1. The van der Waals surface area contributed by atoms with Gasteiger partial charge in [0, 0.05) is 23.8 Å². The van der Waals surface area contributed by atoms with Gasteiger partial charge in [0.1, 0.15) is 18.1 Å². The number of hydrogen-bond acceptors (Lipinski definition) is 5. The Morgan fingerprint density at radius 1 is 1.43 bits per heavy atom. The molecule has 6 heteroatoms. The lowest BCUT2D eigenvalue weighted by atomic mass is 10.1. The number of rotatable bonds is 6. The van der Waals surface area contributed by atoms with Gasteiger partial charge >= 0.3 is 5.97 Å². The highest BCUT2D eigenvalue weighted by molar-refractivity contribution is 5.86. The maximum atomic E-state index is 10.6. The van der Waals surface area contributed by atoms with E-state index in [1.54, 1.807) is 31.4 Å². The number of hydrogen-bond donors (Lipinski definition) is 1. The van der Waals surface area contributed by atoms with E-state index in [1.165, 1.54) is 6.08 Å². The lowest BCUT2D eigenvalue weighted by Crippen LogP contribution is -1.97. The van der Waals surface area contributed by atoms with Crippen LogP contribution in [0.25, 0.3) is 6.08 Å². The van der Waals surface area contributed by atoms with E-state index in [1.807, 2.05) is 6.92 Å². The predicted molar refractivity (Wildman–Crippen MR) is 75.2 cm³/mol. The number of aryl methyl sites for hydroxylation is 1. The molecule has 110 valence electrons. The molecule has 0 amide bonds. The summed E-state index contributed by atoms with van der Waals surface area (Å²) in [6.07, 6.45) is 2.51. The summed E-state index contributed by atoms with van der Waals surface area (Å²) < 4.78 is 15.9. The van der Waals surface area contributed by atoms with Crippen LogP contribution in [0.4, 0.5) is 0 Å². The Morgan fingerprint density at radius 3 is 2.86 bits per heavy atom. The summed E-state index contributed by atoms with van der Waals surface area (Å²) in [5, 5.41) is 12.5. The molecule has 2 rings (SSSR count). The molecule has 0 saturated carbocycles. The standard InChI is InChI=1S/C15H15NO5/c1-10-7-13(21-16-10)9-20-14-8-12(19-2)5-3-11(14)4-6-15(17)18/h3-8H,9H2,1-2H3,(H,17,18)/b6-4+. The Balaban J connectivity index is 2.19. The van der Waals surface area contributed by atoms with E-state index in [2.05, 4.69) is 5.16 Å². The van der Waals surface area contributed by atoms with E-state index in [4.69, 9.17) is 19.1 Å². The van der Waals surface area contributed by atoms with Crippen molar-refractivity contribution in [3.8, 4) is 11.5 Å². The minimum atomic E-state index is -1.03. The van der Waals surface area contributed by atoms with Crippen LogP contribution in [0.15, 0.2) is 34.9 Å². The second-order valence-electron chi connectivity index (χ2n) is 4.30. The first-order valence-corrected chi connectivity index (χ1v) is 6.22. The van der Waals surface area contributed by atoms with Gasteiger partial charge in [0.15, 0.2) is 5.76 Å². The van der Waals surface area contributed by atoms with Gasteiger partial charge in [-0.15, -0.1) is 0 Å². The Hall–Kier alpha value is -2.76. The van der Waals surface area contributed by atoms with Crippen LogP contribution < -0.4 is 9.47 Å². The van der Waals surface area contributed by atoms with Gasteiger partial charge < -0.3 is 19.1 Å². The summed E-state index contributed by atoms with van der Waals surface area (Å²) in [6, 6.07) is 6.91. The Morgan fingerprint density at radius 2 is 2.24 bits per heavy atom. The molecule has 0 aliphatic rings. The zero-order valence-electron chi connectivity index (χ0n) is 11.7. The lowest BCUT2D eigenvalue weighted by molar-refractivity contribution is -0.131. The van der Waals surface area contributed by atoms with Gasteiger partial charge in [-0.1, -0.05) is 5.16 Å². The van der Waals surface area contributed by atoms with Crippen LogP contribution in [-0.4, -0.2) is 23.3 Å². The quantitative estimate of drug-likeness (QED) is 0.823. The molecule has 1 heterocycles. The van der Waals surface area contributed by atoms with Crippen molar-refractivity contribution in [3.63, 3.8) is 0 Å². The molecule has 0 radical (unpaired) electrons. The molecule has 6 nitrogen and oxygen atoms in total. The molecule has 1 aromatic heterocycles. The third-order valence-electron chi connectivity index (χ3n) is 2.67. The van der Waals surface area contributed by atoms with Crippen molar-refractivity contribution in [2.45, 2.75) is 13.5 Å². The highest BCUT2D eigenvalue weighted by atomic mass is 16.5. The molecular formula is C15H15NO5. The predicted octanol–water partition coefficient (Wildman–Crippen LogP) is 2.67. The number of methoxy groups -OCH3 is 1. The number of aromatic nitrogens is 1. The van der Waals surface area contributed by atoms with E-state index in [0.717, 1.165) is 11.8 Å². The fourth-order valence-electron chi connectivity index (χ4n) is 1.70. The summed E-state index contributed by atoms with van der Waals surface area (Å²) in [7, 11) is 1.55. The maximum absolute atomic E-state index is 10.6. The van der Waals surface area contributed by atoms with Crippen molar-refractivity contribution in [1.29, 1.82) is 0 Å². The van der Waals surface area contributed by atoms with Crippen LogP contribution in [0.5, 0.6) is 11.5 Å². The third kappa shape index (κ3) is 4.10. The molecule has 1 aromatic carbocycles. The third-order valence-corrected chi connectivity index (χ3v) is 2.67. The first-order valence-electron chi connectivity index (χ1n) is 6.22. The second-order valence-corrected chi connectivity index (χ2v) is 4.30. The molecule has 0 saturated heterocycles. The summed E-state index contributed by atoms with van der Waals surface area (Å²) in [5.41, 5.74) is 1.40. The van der Waals surface area contributed by atoms with Gasteiger partial charge in [-0.05, 0) is 25.1 Å². The van der Waals surface area contributed by atoms with E-state index >= 15 is 0 Å². The summed E-state index contributed by atoms with van der Waals surface area (Å²) in [5.74, 6) is 0.679. The number of ether oxygens (including phenoxy) is 2. The normalized spacial score (nSPS) is 10.8. The fraction of sp³-hybridized carbons (Fsp3) is 0.200. The molecule has 0 spiro atoms. The van der Waals surface area contributed by atoms with Gasteiger partial charge in [-0.3, -0.25) is 0 Å². The average Bonchev–Trinajstić information content (AvgIpc) is 2.88. The number of carbonyl (C=O) groups is 1. The van der Waals surface area contributed by atoms with E-state index in [0.29, 0.717) is 22.8 Å². The number of aliphatic carboxylic acids is 1. The largest absolute Gasteiger partial charge is 0.497 e.